The van der Waals surface area contributed by atoms with Gasteiger partial charge in [0.25, 0.3) is 0 Å². The van der Waals surface area contributed by atoms with Crippen molar-refractivity contribution in [3.63, 3.8) is 0 Å². The Morgan fingerprint density at radius 3 is 2.34 bits per heavy atom. The predicted molar refractivity (Wildman–Crippen MR) is 115 cm³/mol. The third-order valence-electron chi connectivity index (χ3n) is 5.14. The van der Waals surface area contributed by atoms with Gasteiger partial charge in [-0.15, -0.1) is 0 Å². The first-order valence-electron chi connectivity index (χ1n) is 10.0. The lowest BCUT2D eigenvalue weighted by molar-refractivity contribution is -0.130. The van der Waals surface area contributed by atoms with Gasteiger partial charge in [0.1, 0.15) is 0 Å². The summed E-state index contributed by atoms with van der Waals surface area (Å²) < 4.78 is 5.45. The van der Waals surface area contributed by atoms with Crippen LogP contribution < -0.4 is 9.80 Å². The molecule has 0 aromatic heterocycles. The number of rotatable bonds is 7. The second kappa shape index (κ2) is 10.1. The molecular weight excluding hydrogens is 366 g/mol. The van der Waals surface area contributed by atoms with E-state index in [4.69, 9.17) is 4.74 Å². The van der Waals surface area contributed by atoms with E-state index < -0.39 is 0 Å². The van der Waals surface area contributed by atoms with Gasteiger partial charge in [0, 0.05) is 46.6 Å². The third kappa shape index (κ3) is 5.57. The largest absolute Gasteiger partial charge is 0.378 e. The number of carbonyl (C=O) groups is 2. The van der Waals surface area contributed by atoms with E-state index in [9.17, 15) is 9.59 Å². The summed E-state index contributed by atoms with van der Waals surface area (Å²) in [6.45, 7) is 5.41. The van der Waals surface area contributed by atoms with E-state index in [0.717, 1.165) is 30.0 Å². The van der Waals surface area contributed by atoms with Crippen LogP contribution in [0, 0.1) is 0 Å². The Hall–Kier alpha value is -2.86. The zero-order valence-corrected chi connectivity index (χ0v) is 17.2. The fraction of sp³-hybridized carbons (Fsp3) is 0.391. The fourth-order valence-electron chi connectivity index (χ4n) is 3.56. The minimum atomic E-state index is -0.0655. The summed E-state index contributed by atoms with van der Waals surface area (Å²) in [6.07, 6.45) is 0.278. The normalized spacial score (nSPS) is 13.8. The lowest BCUT2D eigenvalue weighted by atomic mass is 10.2. The number of nitrogens with zero attached hydrogens (tertiary/aromatic N) is 3. The van der Waals surface area contributed by atoms with Crippen molar-refractivity contribution in [3.8, 4) is 0 Å². The zero-order chi connectivity index (χ0) is 20.6. The molecule has 2 aromatic carbocycles. The first-order valence-corrected chi connectivity index (χ1v) is 10.0. The average molecular weight is 396 g/mol. The monoisotopic (exact) mass is 395 g/mol. The minimum absolute atomic E-state index is 0.0176. The molecule has 1 fully saturated rings. The minimum Gasteiger partial charge on any atom is -0.378 e. The summed E-state index contributed by atoms with van der Waals surface area (Å²) in [4.78, 5) is 30.7. The van der Waals surface area contributed by atoms with E-state index in [1.165, 1.54) is 0 Å². The molecule has 1 aliphatic heterocycles. The summed E-state index contributed by atoms with van der Waals surface area (Å²) >= 11 is 0. The SMILES string of the molecule is CC(=O)N(CCC(=O)N(C)Cc1ccccc1)c1ccccc1N1CCOCC1. The maximum absolute atomic E-state index is 12.7. The molecule has 0 radical (unpaired) electrons. The van der Waals surface area contributed by atoms with Gasteiger partial charge in [0.15, 0.2) is 0 Å². The van der Waals surface area contributed by atoms with Crippen LogP contribution in [0.15, 0.2) is 54.6 Å². The van der Waals surface area contributed by atoms with E-state index >= 15 is 0 Å². The molecule has 0 spiro atoms. The zero-order valence-electron chi connectivity index (χ0n) is 17.2. The standard InChI is InChI=1S/C23H29N3O3/c1-19(27)26(13-12-23(28)24(2)18-20-8-4-3-5-9-20)22-11-7-6-10-21(22)25-14-16-29-17-15-25/h3-11H,12-18H2,1-2H3. The van der Waals surface area contributed by atoms with E-state index in [2.05, 4.69) is 4.90 Å². The third-order valence-corrected chi connectivity index (χ3v) is 5.14. The summed E-state index contributed by atoms with van der Waals surface area (Å²) in [5.41, 5.74) is 2.95. The maximum atomic E-state index is 12.7. The molecule has 29 heavy (non-hydrogen) atoms. The maximum Gasteiger partial charge on any atom is 0.224 e. The topological polar surface area (TPSA) is 53.1 Å². The Kier molecular flexibility index (Phi) is 7.25. The molecule has 0 bridgehead atoms. The van der Waals surface area contributed by atoms with Gasteiger partial charge in [-0.25, -0.2) is 0 Å². The van der Waals surface area contributed by atoms with Crippen LogP contribution in [0.4, 0.5) is 11.4 Å². The van der Waals surface area contributed by atoms with E-state index in [-0.39, 0.29) is 18.2 Å². The number of carbonyl (C=O) groups excluding carboxylic acids is 2. The molecular formula is C23H29N3O3. The number of hydrogen-bond donors (Lipinski definition) is 0. The van der Waals surface area contributed by atoms with Crippen LogP contribution in [-0.4, -0.2) is 56.6 Å². The summed E-state index contributed by atoms with van der Waals surface area (Å²) in [7, 11) is 1.80. The highest BCUT2D eigenvalue weighted by Crippen LogP contribution is 2.30. The average Bonchev–Trinajstić information content (AvgIpc) is 2.75. The summed E-state index contributed by atoms with van der Waals surface area (Å²) in [5, 5.41) is 0. The molecule has 2 aromatic rings. The van der Waals surface area contributed by atoms with Gasteiger partial charge < -0.3 is 19.4 Å². The molecule has 1 saturated heterocycles. The second-order valence-corrected chi connectivity index (χ2v) is 7.24. The van der Waals surface area contributed by atoms with Crippen molar-refractivity contribution in [2.45, 2.75) is 19.9 Å². The van der Waals surface area contributed by atoms with Crippen molar-refractivity contribution >= 4 is 23.2 Å². The van der Waals surface area contributed by atoms with Crippen LogP contribution in [-0.2, 0) is 20.9 Å². The van der Waals surface area contributed by atoms with Crippen molar-refractivity contribution in [3.05, 3.63) is 60.2 Å². The van der Waals surface area contributed by atoms with Crippen molar-refractivity contribution in [1.29, 1.82) is 0 Å². The smallest absolute Gasteiger partial charge is 0.224 e. The number of anilines is 2. The molecule has 6 nitrogen and oxygen atoms in total. The molecule has 1 aliphatic rings. The Morgan fingerprint density at radius 1 is 1.00 bits per heavy atom. The molecule has 3 rings (SSSR count). The van der Waals surface area contributed by atoms with Crippen LogP contribution in [0.1, 0.15) is 18.9 Å². The van der Waals surface area contributed by atoms with E-state index in [1.54, 1.807) is 23.8 Å². The molecule has 0 saturated carbocycles. The number of morpholine rings is 1. The van der Waals surface area contributed by atoms with Gasteiger partial charge in [-0.1, -0.05) is 42.5 Å². The lowest BCUT2D eigenvalue weighted by Crippen LogP contribution is -2.39. The fourth-order valence-corrected chi connectivity index (χ4v) is 3.56. The Balaban J connectivity index is 1.68. The van der Waals surface area contributed by atoms with Crippen LogP contribution >= 0.6 is 0 Å². The van der Waals surface area contributed by atoms with Crippen LogP contribution in [0.5, 0.6) is 0 Å². The highest BCUT2D eigenvalue weighted by atomic mass is 16.5. The highest BCUT2D eigenvalue weighted by Gasteiger charge is 2.21. The predicted octanol–water partition coefficient (Wildman–Crippen LogP) is 2.92. The number of benzene rings is 2. The Bertz CT molecular complexity index is 819. The molecule has 0 N–H and O–H groups in total. The van der Waals surface area contributed by atoms with Gasteiger partial charge in [-0.2, -0.15) is 0 Å². The van der Waals surface area contributed by atoms with E-state index in [0.29, 0.717) is 26.3 Å². The first-order chi connectivity index (χ1) is 14.1. The van der Waals surface area contributed by atoms with Crippen LogP contribution in [0.25, 0.3) is 0 Å². The molecule has 1 heterocycles. The number of ether oxygens (including phenoxy) is 1. The molecule has 2 amide bonds. The Labute approximate surface area is 172 Å². The number of para-hydroxylation sites is 2. The number of hydrogen-bond acceptors (Lipinski definition) is 4. The molecule has 0 aliphatic carbocycles. The summed E-state index contributed by atoms with van der Waals surface area (Å²) in [5.74, 6) is -0.0480. The molecule has 0 atom stereocenters. The molecule has 0 unspecified atom stereocenters. The van der Waals surface area contributed by atoms with Gasteiger partial charge in [0.05, 0.1) is 24.6 Å². The molecule has 154 valence electrons. The van der Waals surface area contributed by atoms with Crippen molar-refractivity contribution in [1.82, 2.24) is 4.90 Å². The van der Waals surface area contributed by atoms with Gasteiger partial charge in [0.2, 0.25) is 11.8 Å². The quantitative estimate of drug-likeness (QED) is 0.723. The van der Waals surface area contributed by atoms with Gasteiger partial charge >= 0.3 is 0 Å². The van der Waals surface area contributed by atoms with Crippen molar-refractivity contribution in [2.24, 2.45) is 0 Å². The number of amides is 2. The molecule has 6 heteroatoms. The van der Waals surface area contributed by atoms with Gasteiger partial charge in [-0.3, -0.25) is 9.59 Å². The van der Waals surface area contributed by atoms with Crippen LogP contribution in [0.3, 0.4) is 0 Å². The van der Waals surface area contributed by atoms with Crippen molar-refractivity contribution < 1.29 is 14.3 Å². The second-order valence-electron chi connectivity index (χ2n) is 7.24. The lowest BCUT2D eigenvalue weighted by Gasteiger charge is -2.33. The Morgan fingerprint density at radius 2 is 1.66 bits per heavy atom. The first kappa shape index (κ1) is 20.9. The summed E-state index contributed by atoms with van der Waals surface area (Å²) in [6, 6.07) is 17.8. The highest BCUT2D eigenvalue weighted by molar-refractivity contribution is 5.96. The van der Waals surface area contributed by atoms with E-state index in [1.807, 2.05) is 54.6 Å². The van der Waals surface area contributed by atoms with Crippen molar-refractivity contribution in [2.75, 3.05) is 49.7 Å². The van der Waals surface area contributed by atoms with Crippen LogP contribution in [0.2, 0.25) is 0 Å². The van der Waals surface area contributed by atoms with Gasteiger partial charge in [-0.05, 0) is 17.7 Å².